The van der Waals surface area contributed by atoms with Crippen LogP contribution in [-0.2, 0) is 0 Å². The zero-order chi connectivity index (χ0) is 33.5. The molecule has 0 aliphatic carbocycles. The molecule has 0 saturated heterocycles. The van der Waals surface area contributed by atoms with Crippen LogP contribution in [-0.4, -0.2) is 4.57 Å². The van der Waals surface area contributed by atoms with E-state index in [-0.39, 0.29) is 0 Å². The van der Waals surface area contributed by atoms with E-state index >= 15 is 0 Å². The number of para-hydroxylation sites is 3. The average molecular weight is 652 g/mol. The van der Waals surface area contributed by atoms with Crippen molar-refractivity contribution in [3.8, 4) is 39.1 Å². The molecule has 3 nitrogen and oxygen atoms in total. The summed E-state index contributed by atoms with van der Waals surface area (Å²) in [5.74, 6) is 0. The second kappa shape index (κ2) is 10.8. The van der Waals surface area contributed by atoms with Crippen molar-refractivity contribution in [2.45, 2.75) is 0 Å². The third-order valence-corrected chi connectivity index (χ3v) is 10.4. The Labute approximate surface area is 293 Å². The first kappa shape index (κ1) is 28.0. The molecule has 0 N–H and O–H groups in total. The van der Waals surface area contributed by atoms with Crippen LogP contribution in [0, 0.1) is 0 Å². The number of furan rings is 2. The summed E-state index contributed by atoms with van der Waals surface area (Å²) in [4.78, 5) is 0. The number of aromatic nitrogens is 1. The Morgan fingerprint density at radius 1 is 0.314 bits per heavy atom. The van der Waals surface area contributed by atoms with Crippen molar-refractivity contribution in [3.63, 3.8) is 0 Å². The number of benzene rings is 8. The highest BCUT2D eigenvalue weighted by Gasteiger charge is 2.19. The fourth-order valence-corrected chi connectivity index (χ4v) is 8.02. The maximum atomic E-state index is 6.78. The number of hydrogen-bond donors (Lipinski definition) is 0. The molecule has 3 heterocycles. The fourth-order valence-electron chi connectivity index (χ4n) is 8.02. The van der Waals surface area contributed by atoms with E-state index in [0.717, 1.165) is 71.8 Å². The average Bonchev–Trinajstić information content (AvgIpc) is 3.86. The third kappa shape index (κ3) is 4.25. The second-order valence-electron chi connectivity index (χ2n) is 13.3. The van der Waals surface area contributed by atoms with Gasteiger partial charge >= 0.3 is 0 Å². The van der Waals surface area contributed by atoms with Gasteiger partial charge in [0.1, 0.15) is 22.3 Å². The van der Waals surface area contributed by atoms with Gasteiger partial charge in [0.15, 0.2) is 0 Å². The van der Waals surface area contributed by atoms with Crippen molar-refractivity contribution in [3.05, 3.63) is 176 Å². The minimum Gasteiger partial charge on any atom is -0.455 e. The largest absolute Gasteiger partial charge is 0.455 e. The maximum Gasteiger partial charge on any atom is 0.143 e. The van der Waals surface area contributed by atoms with Crippen molar-refractivity contribution in [1.29, 1.82) is 0 Å². The molecule has 3 aromatic heterocycles. The van der Waals surface area contributed by atoms with E-state index < -0.39 is 0 Å². The van der Waals surface area contributed by atoms with Crippen LogP contribution in [0.3, 0.4) is 0 Å². The number of rotatable bonds is 4. The minimum absolute atomic E-state index is 0.854. The van der Waals surface area contributed by atoms with Gasteiger partial charge in [0.2, 0.25) is 0 Å². The normalized spacial score (nSPS) is 11.9. The maximum absolute atomic E-state index is 6.78. The highest BCUT2D eigenvalue weighted by atomic mass is 16.3. The molecule has 0 saturated carbocycles. The van der Waals surface area contributed by atoms with Gasteiger partial charge in [0.05, 0.1) is 11.0 Å². The molecule has 0 spiro atoms. The van der Waals surface area contributed by atoms with Crippen LogP contribution in [0.4, 0.5) is 0 Å². The van der Waals surface area contributed by atoms with Gasteiger partial charge in [-0.2, -0.15) is 0 Å². The van der Waals surface area contributed by atoms with Crippen LogP contribution < -0.4 is 0 Å². The first-order valence-corrected chi connectivity index (χ1v) is 17.3. The summed E-state index contributed by atoms with van der Waals surface area (Å²) >= 11 is 0. The van der Waals surface area contributed by atoms with Gasteiger partial charge in [-0.25, -0.2) is 0 Å². The molecule has 51 heavy (non-hydrogen) atoms. The molecule has 0 bridgehead atoms. The molecular weight excluding hydrogens is 623 g/mol. The molecular formula is C48H29NO2. The standard InChI is InChI=1S/C48H29NO2/c1-4-12-30(13-5-1)32-22-24-43-39(26-32)40-27-33(23-25-44(40)49(43)34-16-8-3-9-17-34)36-19-11-21-38-42-29-45-41(28-46(42)51-48(36)38)37-20-10-18-35(47(37)50-45)31-14-6-2-7-15-31/h1-29H. The van der Waals surface area contributed by atoms with Crippen LogP contribution in [0.2, 0.25) is 0 Å². The number of hydrogen-bond acceptors (Lipinski definition) is 2. The monoisotopic (exact) mass is 651 g/mol. The molecule has 0 fully saturated rings. The van der Waals surface area contributed by atoms with E-state index in [4.69, 9.17) is 8.83 Å². The van der Waals surface area contributed by atoms with Crippen LogP contribution in [0.15, 0.2) is 185 Å². The Balaban J connectivity index is 1.11. The van der Waals surface area contributed by atoms with Crippen LogP contribution in [0.5, 0.6) is 0 Å². The first-order chi connectivity index (χ1) is 25.3. The van der Waals surface area contributed by atoms with Gasteiger partial charge < -0.3 is 13.4 Å². The molecule has 3 heteroatoms. The molecule has 0 atom stereocenters. The Hall–Kier alpha value is -6.84. The van der Waals surface area contributed by atoms with E-state index in [9.17, 15) is 0 Å². The van der Waals surface area contributed by atoms with Gasteiger partial charge in [0, 0.05) is 49.1 Å². The van der Waals surface area contributed by atoms with Crippen LogP contribution in [0.1, 0.15) is 0 Å². The van der Waals surface area contributed by atoms with Crippen molar-refractivity contribution < 1.29 is 8.83 Å². The summed E-state index contributed by atoms with van der Waals surface area (Å²) in [6.45, 7) is 0. The van der Waals surface area contributed by atoms with E-state index in [1.807, 2.05) is 6.07 Å². The summed E-state index contributed by atoms with van der Waals surface area (Å²) in [5.41, 5.74) is 13.8. The zero-order valence-corrected chi connectivity index (χ0v) is 27.5. The smallest absolute Gasteiger partial charge is 0.143 e. The highest BCUT2D eigenvalue weighted by Crippen LogP contribution is 2.43. The molecule has 0 unspecified atom stereocenters. The molecule has 8 aromatic carbocycles. The SMILES string of the molecule is c1ccc(-c2ccc3c(c2)c2cc(-c4cccc5c4oc4cc6c(cc45)oc4c(-c5ccccc5)cccc46)ccc2n3-c2ccccc2)cc1. The second-order valence-corrected chi connectivity index (χ2v) is 13.3. The van der Waals surface area contributed by atoms with Crippen LogP contribution in [0.25, 0.3) is 105 Å². The van der Waals surface area contributed by atoms with Crippen LogP contribution >= 0.6 is 0 Å². The first-order valence-electron chi connectivity index (χ1n) is 17.3. The van der Waals surface area contributed by atoms with E-state index in [1.54, 1.807) is 0 Å². The summed E-state index contributed by atoms with van der Waals surface area (Å²) < 4.78 is 15.8. The number of nitrogens with zero attached hydrogens (tertiary/aromatic N) is 1. The molecule has 0 amide bonds. The van der Waals surface area contributed by atoms with E-state index in [2.05, 4.69) is 174 Å². The van der Waals surface area contributed by atoms with Crippen molar-refractivity contribution in [2.75, 3.05) is 0 Å². The number of fused-ring (bicyclic) bond motifs is 9. The third-order valence-electron chi connectivity index (χ3n) is 10.4. The summed E-state index contributed by atoms with van der Waals surface area (Å²) in [7, 11) is 0. The minimum atomic E-state index is 0.854. The molecule has 0 radical (unpaired) electrons. The predicted molar refractivity (Wildman–Crippen MR) is 212 cm³/mol. The van der Waals surface area contributed by atoms with Crippen molar-refractivity contribution in [1.82, 2.24) is 4.57 Å². The molecule has 238 valence electrons. The topological polar surface area (TPSA) is 31.2 Å². The van der Waals surface area contributed by atoms with E-state index in [1.165, 1.54) is 32.9 Å². The summed E-state index contributed by atoms with van der Waals surface area (Å²) in [5, 5.41) is 6.69. The van der Waals surface area contributed by atoms with Crippen molar-refractivity contribution >= 4 is 65.7 Å². The lowest BCUT2D eigenvalue weighted by Crippen LogP contribution is -1.93. The highest BCUT2D eigenvalue weighted by molar-refractivity contribution is 6.18. The van der Waals surface area contributed by atoms with Crippen molar-refractivity contribution in [2.24, 2.45) is 0 Å². The lowest BCUT2D eigenvalue weighted by Gasteiger charge is -2.08. The van der Waals surface area contributed by atoms with Gasteiger partial charge in [-0.3, -0.25) is 0 Å². The van der Waals surface area contributed by atoms with Gasteiger partial charge in [-0.15, -0.1) is 0 Å². The Kier molecular flexibility index (Phi) is 5.96. The lowest BCUT2D eigenvalue weighted by molar-refractivity contribution is 0.665. The van der Waals surface area contributed by atoms with Gasteiger partial charge in [-0.05, 0) is 70.8 Å². The molecule has 11 rings (SSSR count). The summed E-state index contributed by atoms with van der Waals surface area (Å²) in [6.07, 6.45) is 0. The van der Waals surface area contributed by atoms with E-state index in [0.29, 0.717) is 0 Å². The Bertz CT molecular complexity index is 3110. The lowest BCUT2D eigenvalue weighted by atomic mass is 9.99. The van der Waals surface area contributed by atoms with Gasteiger partial charge in [0.25, 0.3) is 0 Å². The molecule has 11 aromatic rings. The Morgan fingerprint density at radius 2 is 0.804 bits per heavy atom. The Morgan fingerprint density at radius 3 is 1.39 bits per heavy atom. The molecule has 0 aliphatic heterocycles. The summed E-state index contributed by atoms with van der Waals surface area (Å²) in [6, 6.07) is 62.4. The predicted octanol–water partition coefficient (Wildman–Crippen LogP) is 13.6. The zero-order valence-electron chi connectivity index (χ0n) is 27.5. The molecule has 0 aliphatic rings. The fraction of sp³-hybridized carbons (Fsp3) is 0. The van der Waals surface area contributed by atoms with Gasteiger partial charge in [-0.1, -0.05) is 127 Å². The quantitative estimate of drug-likeness (QED) is 0.190.